The maximum Gasteiger partial charge on any atom is 0.311 e. The third kappa shape index (κ3) is 5.03. The predicted molar refractivity (Wildman–Crippen MR) is 79.9 cm³/mol. The number of benzene rings is 1. The van der Waals surface area contributed by atoms with Crippen LogP contribution in [0.4, 0.5) is 5.69 Å². The van der Waals surface area contributed by atoms with Crippen molar-refractivity contribution < 1.29 is 14.3 Å². The standard InChI is InChI=1S/C16H23NO3/c1-12(2)8-7-11-16(19)20-15-10-6-5-9-14(15)17(4)13(3)18/h5-6,9-10,12H,7-8,11H2,1-4H3. The molecule has 110 valence electrons. The van der Waals surface area contributed by atoms with Gasteiger partial charge in [-0.1, -0.05) is 32.4 Å². The average molecular weight is 277 g/mol. The molecule has 4 nitrogen and oxygen atoms in total. The van der Waals surface area contributed by atoms with Crippen LogP contribution < -0.4 is 9.64 Å². The molecule has 0 N–H and O–H groups in total. The molecule has 1 aromatic rings. The summed E-state index contributed by atoms with van der Waals surface area (Å²) >= 11 is 0. The zero-order valence-electron chi connectivity index (χ0n) is 12.7. The summed E-state index contributed by atoms with van der Waals surface area (Å²) in [6, 6.07) is 7.06. The van der Waals surface area contributed by atoms with Crippen LogP contribution >= 0.6 is 0 Å². The SMILES string of the molecule is CC(=O)N(C)c1ccccc1OC(=O)CCCC(C)C. The van der Waals surface area contributed by atoms with E-state index in [0.717, 1.165) is 12.8 Å². The lowest BCUT2D eigenvalue weighted by Gasteiger charge is -2.18. The van der Waals surface area contributed by atoms with E-state index in [1.165, 1.54) is 11.8 Å². The Morgan fingerprint density at radius 1 is 1.25 bits per heavy atom. The summed E-state index contributed by atoms with van der Waals surface area (Å²) in [6.45, 7) is 5.73. The van der Waals surface area contributed by atoms with Gasteiger partial charge in [0.2, 0.25) is 5.91 Å². The normalized spacial score (nSPS) is 10.4. The number of rotatable bonds is 6. The van der Waals surface area contributed by atoms with Crippen molar-refractivity contribution in [1.82, 2.24) is 0 Å². The summed E-state index contributed by atoms with van der Waals surface area (Å²) in [5.41, 5.74) is 0.609. The topological polar surface area (TPSA) is 46.6 Å². The molecular weight excluding hydrogens is 254 g/mol. The Morgan fingerprint density at radius 2 is 1.90 bits per heavy atom. The third-order valence-electron chi connectivity index (χ3n) is 3.09. The highest BCUT2D eigenvalue weighted by Crippen LogP contribution is 2.27. The van der Waals surface area contributed by atoms with Gasteiger partial charge in [0.15, 0.2) is 5.75 Å². The van der Waals surface area contributed by atoms with Crippen LogP contribution in [0, 0.1) is 5.92 Å². The monoisotopic (exact) mass is 277 g/mol. The lowest BCUT2D eigenvalue weighted by molar-refractivity contribution is -0.134. The zero-order chi connectivity index (χ0) is 15.1. The van der Waals surface area contributed by atoms with Gasteiger partial charge in [-0.15, -0.1) is 0 Å². The maximum absolute atomic E-state index is 11.8. The number of amides is 1. The van der Waals surface area contributed by atoms with Gasteiger partial charge in [-0.25, -0.2) is 0 Å². The van der Waals surface area contributed by atoms with E-state index in [2.05, 4.69) is 13.8 Å². The molecule has 0 saturated heterocycles. The molecule has 0 spiro atoms. The largest absolute Gasteiger partial charge is 0.424 e. The molecule has 0 saturated carbocycles. The van der Waals surface area contributed by atoms with Crippen LogP contribution in [0.2, 0.25) is 0 Å². The average Bonchev–Trinajstić information content (AvgIpc) is 2.38. The van der Waals surface area contributed by atoms with E-state index >= 15 is 0 Å². The van der Waals surface area contributed by atoms with Crippen molar-refractivity contribution >= 4 is 17.6 Å². The Balaban J connectivity index is 2.68. The Hall–Kier alpha value is -1.84. The van der Waals surface area contributed by atoms with Crippen molar-refractivity contribution in [3.8, 4) is 5.75 Å². The summed E-state index contributed by atoms with van der Waals surface area (Å²) in [5.74, 6) is 0.655. The van der Waals surface area contributed by atoms with Gasteiger partial charge >= 0.3 is 5.97 Å². The van der Waals surface area contributed by atoms with Gasteiger partial charge < -0.3 is 9.64 Å². The molecule has 0 atom stereocenters. The second-order valence-corrected chi connectivity index (χ2v) is 5.31. The Kier molecular flexibility index (Phi) is 6.22. The fraction of sp³-hybridized carbons (Fsp3) is 0.500. The number of ether oxygens (including phenoxy) is 1. The van der Waals surface area contributed by atoms with Crippen LogP contribution in [0.1, 0.15) is 40.0 Å². The Labute approximate surface area is 120 Å². The highest BCUT2D eigenvalue weighted by Gasteiger charge is 2.14. The molecule has 0 bridgehead atoms. The molecule has 1 amide bonds. The van der Waals surface area contributed by atoms with Crippen molar-refractivity contribution in [2.24, 2.45) is 5.92 Å². The minimum Gasteiger partial charge on any atom is -0.424 e. The molecule has 0 aliphatic carbocycles. The summed E-state index contributed by atoms with van der Waals surface area (Å²) in [5, 5.41) is 0. The molecule has 0 unspecified atom stereocenters. The lowest BCUT2D eigenvalue weighted by Crippen LogP contribution is -2.24. The molecule has 0 fully saturated rings. The van der Waals surface area contributed by atoms with Crippen molar-refractivity contribution in [3.05, 3.63) is 24.3 Å². The molecule has 20 heavy (non-hydrogen) atoms. The fourth-order valence-corrected chi connectivity index (χ4v) is 1.82. The van der Waals surface area contributed by atoms with E-state index in [-0.39, 0.29) is 11.9 Å². The lowest BCUT2D eigenvalue weighted by atomic mass is 10.1. The summed E-state index contributed by atoms with van der Waals surface area (Å²) in [4.78, 5) is 24.7. The number of hydrogen-bond acceptors (Lipinski definition) is 3. The molecular formula is C16H23NO3. The van der Waals surface area contributed by atoms with Crippen LogP contribution in [0.15, 0.2) is 24.3 Å². The van der Waals surface area contributed by atoms with Crippen molar-refractivity contribution in [3.63, 3.8) is 0 Å². The quantitative estimate of drug-likeness (QED) is 0.591. The number of esters is 1. The number of carbonyl (C=O) groups is 2. The van der Waals surface area contributed by atoms with E-state index < -0.39 is 0 Å². The van der Waals surface area contributed by atoms with E-state index in [0.29, 0.717) is 23.8 Å². The van der Waals surface area contributed by atoms with Gasteiger partial charge in [-0.3, -0.25) is 9.59 Å². The number of hydrogen-bond donors (Lipinski definition) is 0. The van der Waals surface area contributed by atoms with Crippen LogP contribution in [-0.2, 0) is 9.59 Å². The first-order chi connectivity index (χ1) is 9.41. The molecule has 0 heterocycles. The van der Waals surface area contributed by atoms with Gasteiger partial charge in [-0.05, 0) is 24.5 Å². The molecule has 0 radical (unpaired) electrons. The third-order valence-corrected chi connectivity index (χ3v) is 3.09. The van der Waals surface area contributed by atoms with Gasteiger partial charge in [0.05, 0.1) is 5.69 Å². The number of para-hydroxylation sites is 2. The molecule has 0 aromatic heterocycles. The second kappa shape index (κ2) is 7.68. The maximum atomic E-state index is 11.8. The van der Waals surface area contributed by atoms with Crippen LogP contribution in [0.3, 0.4) is 0 Å². The minimum atomic E-state index is -0.255. The number of carbonyl (C=O) groups excluding carboxylic acids is 2. The van der Waals surface area contributed by atoms with Gasteiger partial charge in [-0.2, -0.15) is 0 Å². The first kappa shape index (κ1) is 16.2. The number of anilines is 1. The highest BCUT2D eigenvalue weighted by atomic mass is 16.5. The molecule has 0 aliphatic heterocycles. The van der Waals surface area contributed by atoms with Crippen LogP contribution in [0.5, 0.6) is 5.75 Å². The van der Waals surface area contributed by atoms with Crippen molar-refractivity contribution in [2.45, 2.75) is 40.0 Å². The first-order valence-corrected chi connectivity index (χ1v) is 6.95. The minimum absolute atomic E-state index is 0.103. The van der Waals surface area contributed by atoms with E-state index in [4.69, 9.17) is 4.74 Å². The smallest absolute Gasteiger partial charge is 0.311 e. The molecule has 1 aromatic carbocycles. The Morgan fingerprint density at radius 3 is 2.50 bits per heavy atom. The van der Waals surface area contributed by atoms with Crippen LogP contribution in [0.25, 0.3) is 0 Å². The van der Waals surface area contributed by atoms with Gasteiger partial charge in [0, 0.05) is 20.4 Å². The summed E-state index contributed by atoms with van der Waals surface area (Å²) in [7, 11) is 1.66. The van der Waals surface area contributed by atoms with E-state index in [9.17, 15) is 9.59 Å². The number of nitrogens with zero attached hydrogens (tertiary/aromatic N) is 1. The Bertz CT molecular complexity index is 469. The first-order valence-electron chi connectivity index (χ1n) is 6.95. The van der Waals surface area contributed by atoms with E-state index in [1.54, 1.807) is 25.2 Å². The summed E-state index contributed by atoms with van der Waals surface area (Å²) in [6.07, 6.45) is 2.22. The van der Waals surface area contributed by atoms with Crippen molar-refractivity contribution in [1.29, 1.82) is 0 Å². The molecule has 1 rings (SSSR count). The molecule has 0 aliphatic rings. The second-order valence-electron chi connectivity index (χ2n) is 5.31. The predicted octanol–water partition coefficient (Wildman–Crippen LogP) is 3.40. The van der Waals surface area contributed by atoms with Crippen LogP contribution in [-0.4, -0.2) is 18.9 Å². The fourth-order valence-electron chi connectivity index (χ4n) is 1.82. The van der Waals surface area contributed by atoms with Crippen molar-refractivity contribution in [2.75, 3.05) is 11.9 Å². The zero-order valence-corrected chi connectivity index (χ0v) is 12.7. The van der Waals surface area contributed by atoms with Gasteiger partial charge in [0.25, 0.3) is 0 Å². The summed E-state index contributed by atoms with van der Waals surface area (Å²) < 4.78 is 5.37. The van der Waals surface area contributed by atoms with E-state index in [1.807, 2.05) is 6.07 Å². The van der Waals surface area contributed by atoms with Gasteiger partial charge in [0.1, 0.15) is 0 Å². The molecule has 4 heteroatoms. The highest BCUT2D eigenvalue weighted by molar-refractivity contribution is 5.93.